The number of hydrogen-bond donors (Lipinski definition) is 2. The van der Waals surface area contributed by atoms with Crippen LogP contribution in [0.2, 0.25) is 0 Å². The van der Waals surface area contributed by atoms with Gasteiger partial charge in [-0.2, -0.15) is 13.2 Å². The Morgan fingerprint density at radius 2 is 1.97 bits per heavy atom. The van der Waals surface area contributed by atoms with E-state index in [4.69, 9.17) is 9.47 Å². The van der Waals surface area contributed by atoms with E-state index in [1.807, 2.05) is 6.92 Å². The van der Waals surface area contributed by atoms with Gasteiger partial charge in [-0.3, -0.25) is 9.89 Å². The van der Waals surface area contributed by atoms with Crippen molar-refractivity contribution in [2.24, 2.45) is 4.99 Å². The highest BCUT2D eigenvalue weighted by Gasteiger charge is 2.30. The molecule has 1 aromatic rings. The maximum atomic E-state index is 12.9. The first-order valence-corrected chi connectivity index (χ1v) is 10.5. The van der Waals surface area contributed by atoms with Crippen LogP contribution in [-0.4, -0.2) is 69.9 Å². The Bertz CT molecular complexity index is 656. The van der Waals surface area contributed by atoms with Crippen LogP contribution in [-0.2, 0) is 10.9 Å². The van der Waals surface area contributed by atoms with Gasteiger partial charge in [-0.1, -0.05) is 13.0 Å². The largest absolute Gasteiger partial charge is 0.489 e. The van der Waals surface area contributed by atoms with E-state index < -0.39 is 11.7 Å². The van der Waals surface area contributed by atoms with Crippen molar-refractivity contribution in [2.75, 3.05) is 53.0 Å². The molecule has 178 valence electrons. The number of benzene rings is 1. The zero-order chi connectivity index (χ0) is 21.8. The minimum Gasteiger partial charge on any atom is -0.489 e. The van der Waals surface area contributed by atoms with Gasteiger partial charge in [-0.25, -0.2) is 0 Å². The molecule has 2 N–H and O–H groups in total. The second-order valence-corrected chi connectivity index (χ2v) is 7.21. The summed E-state index contributed by atoms with van der Waals surface area (Å²) in [5.74, 6) is 0.872. The summed E-state index contributed by atoms with van der Waals surface area (Å²) >= 11 is 0. The minimum absolute atomic E-state index is 0. The third-order valence-corrected chi connectivity index (χ3v) is 4.94. The van der Waals surface area contributed by atoms with Gasteiger partial charge in [0.05, 0.1) is 25.3 Å². The highest BCUT2D eigenvalue weighted by atomic mass is 127. The molecule has 0 aliphatic carbocycles. The van der Waals surface area contributed by atoms with Crippen molar-refractivity contribution < 1.29 is 22.6 Å². The van der Waals surface area contributed by atoms with Gasteiger partial charge < -0.3 is 20.1 Å². The Labute approximate surface area is 200 Å². The molecule has 1 aromatic carbocycles. The number of hydrogen-bond acceptors (Lipinski definition) is 4. The van der Waals surface area contributed by atoms with Gasteiger partial charge in [0.2, 0.25) is 0 Å². The number of morpholine rings is 1. The van der Waals surface area contributed by atoms with E-state index in [1.165, 1.54) is 6.07 Å². The lowest BCUT2D eigenvalue weighted by Gasteiger charge is -2.26. The number of unbranched alkanes of at least 4 members (excludes halogenated alkanes) is 1. The van der Waals surface area contributed by atoms with Crippen molar-refractivity contribution in [3.8, 4) is 5.75 Å². The molecule has 0 amide bonds. The van der Waals surface area contributed by atoms with Gasteiger partial charge in [-0.15, -0.1) is 24.0 Å². The van der Waals surface area contributed by atoms with Crippen LogP contribution >= 0.6 is 24.0 Å². The molecule has 0 spiro atoms. The second kappa shape index (κ2) is 14.7. The lowest BCUT2D eigenvalue weighted by atomic mass is 10.2. The maximum absolute atomic E-state index is 12.9. The van der Waals surface area contributed by atoms with Crippen molar-refractivity contribution in [3.05, 3.63) is 29.8 Å². The van der Waals surface area contributed by atoms with E-state index >= 15 is 0 Å². The molecular formula is C21H34F3IN4O2. The molecule has 2 rings (SSSR count). The molecule has 31 heavy (non-hydrogen) atoms. The molecule has 1 atom stereocenters. The van der Waals surface area contributed by atoms with Crippen LogP contribution in [0.5, 0.6) is 5.75 Å². The second-order valence-electron chi connectivity index (χ2n) is 7.21. The Kier molecular flexibility index (Phi) is 13.2. The molecule has 1 aliphatic rings. The average Bonchev–Trinajstić information content (AvgIpc) is 2.75. The van der Waals surface area contributed by atoms with E-state index in [9.17, 15) is 13.2 Å². The fraction of sp³-hybridized carbons (Fsp3) is 0.667. The van der Waals surface area contributed by atoms with Gasteiger partial charge in [0.1, 0.15) is 11.9 Å². The summed E-state index contributed by atoms with van der Waals surface area (Å²) in [5.41, 5.74) is -0.711. The summed E-state index contributed by atoms with van der Waals surface area (Å²) in [7, 11) is 1.69. The zero-order valence-corrected chi connectivity index (χ0v) is 20.5. The first kappa shape index (κ1) is 27.8. The van der Waals surface area contributed by atoms with E-state index in [-0.39, 0.29) is 35.8 Å². The Balaban J connectivity index is 0.00000480. The number of nitrogens with one attached hydrogen (secondary N) is 2. The fourth-order valence-corrected chi connectivity index (χ4v) is 3.13. The van der Waals surface area contributed by atoms with Crippen LogP contribution in [0, 0.1) is 0 Å². The summed E-state index contributed by atoms with van der Waals surface area (Å²) in [6.45, 7) is 7.88. The third kappa shape index (κ3) is 10.7. The number of nitrogens with zero attached hydrogens (tertiary/aromatic N) is 2. The highest BCUT2D eigenvalue weighted by Crippen LogP contribution is 2.31. The predicted molar refractivity (Wildman–Crippen MR) is 127 cm³/mol. The number of rotatable bonds is 10. The van der Waals surface area contributed by atoms with E-state index in [0.29, 0.717) is 18.9 Å². The lowest BCUT2D eigenvalue weighted by molar-refractivity contribution is -0.137. The van der Waals surface area contributed by atoms with Crippen molar-refractivity contribution in [1.29, 1.82) is 0 Å². The van der Waals surface area contributed by atoms with Crippen molar-refractivity contribution >= 4 is 29.9 Å². The maximum Gasteiger partial charge on any atom is 0.416 e. The smallest absolute Gasteiger partial charge is 0.416 e. The quantitative estimate of drug-likeness (QED) is 0.198. The molecule has 6 nitrogen and oxygen atoms in total. The van der Waals surface area contributed by atoms with Gasteiger partial charge >= 0.3 is 6.18 Å². The first-order chi connectivity index (χ1) is 14.4. The SMILES string of the molecule is CCC(CNC(=NC)NCCCCN1CCOCC1)Oc1cccc(C(F)(F)F)c1.I. The standard InChI is InChI=1S/C21H33F3N4O2.HI/c1-3-18(30-19-8-6-7-17(15-19)21(22,23)24)16-27-20(25-2)26-9-4-5-10-28-11-13-29-14-12-28;/h6-8,15,18H,3-5,9-14,16H2,1-2H3,(H2,25,26,27);1H. The topological polar surface area (TPSA) is 58.1 Å². The molecule has 1 fully saturated rings. The van der Waals surface area contributed by atoms with Gasteiger partial charge in [-0.05, 0) is 44.0 Å². The minimum atomic E-state index is -4.38. The number of halogens is 4. The van der Waals surface area contributed by atoms with Crippen LogP contribution < -0.4 is 15.4 Å². The molecule has 0 saturated carbocycles. The summed E-state index contributed by atoms with van der Waals surface area (Å²) in [6, 6.07) is 4.97. The van der Waals surface area contributed by atoms with Gasteiger partial charge in [0.15, 0.2) is 5.96 Å². The van der Waals surface area contributed by atoms with E-state index in [2.05, 4.69) is 20.5 Å². The first-order valence-electron chi connectivity index (χ1n) is 10.5. The summed E-state index contributed by atoms with van der Waals surface area (Å²) in [5, 5.41) is 6.46. The van der Waals surface area contributed by atoms with Crippen LogP contribution in [0.15, 0.2) is 29.3 Å². The normalized spacial score (nSPS) is 16.4. The molecule has 1 aliphatic heterocycles. The predicted octanol–water partition coefficient (Wildman–Crippen LogP) is 3.76. The third-order valence-electron chi connectivity index (χ3n) is 4.94. The van der Waals surface area contributed by atoms with Crippen LogP contribution in [0.25, 0.3) is 0 Å². The lowest BCUT2D eigenvalue weighted by Crippen LogP contribution is -2.43. The number of aliphatic imine (C=N–C) groups is 1. The average molecular weight is 558 g/mol. The Morgan fingerprint density at radius 1 is 1.23 bits per heavy atom. The molecule has 0 radical (unpaired) electrons. The molecule has 1 heterocycles. The fourth-order valence-electron chi connectivity index (χ4n) is 3.13. The molecule has 0 bridgehead atoms. The van der Waals surface area contributed by atoms with Crippen molar-refractivity contribution in [1.82, 2.24) is 15.5 Å². The molecular weight excluding hydrogens is 524 g/mol. The molecule has 0 aromatic heterocycles. The molecule has 1 saturated heterocycles. The molecule has 1 unspecified atom stereocenters. The van der Waals surface area contributed by atoms with Gasteiger partial charge in [0, 0.05) is 26.7 Å². The van der Waals surface area contributed by atoms with Crippen LogP contribution in [0.3, 0.4) is 0 Å². The van der Waals surface area contributed by atoms with Crippen LogP contribution in [0.1, 0.15) is 31.7 Å². The van der Waals surface area contributed by atoms with Crippen LogP contribution in [0.4, 0.5) is 13.2 Å². The zero-order valence-electron chi connectivity index (χ0n) is 18.2. The molecule has 10 heteroatoms. The number of guanidine groups is 1. The summed E-state index contributed by atoms with van der Waals surface area (Å²) in [6.07, 6.45) is -1.88. The summed E-state index contributed by atoms with van der Waals surface area (Å²) in [4.78, 5) is 6.61. The van der Waals surface area contributed by atoms with E-state index in [1.54, 1.807) is 13.1 Å². The monoisotopic (exact) mass is 558 g/mol. The Morgan fingerprint density at radius 3 is 2.61 bits per heavy atom. The summed E-state index contributed by atoms with van der Waals surface area (Å²) < 4.78 is 49.7. The van der Waals surface area contributed by atoms with Gasteiger partial charge in [0.25, 0.3) is 0 Å². The Hall–Kier alpha value is -1.27. The van der Waals surface area contributed by atoms with Crippen molar-refractivity contribution in [3.63, 3.8) is 0 Å². The number of alkyl halides is 3. The van der Waals surface area contributed by atoms with E-state index in [0.717, 1.165) is 64.4 Å². The number of ether oxygens (including phenoxy) is 2. The van der Waals surface area contributed by atoms with Crippen molar-refractivity contribution in [2.45, 2.75) is 38.5 Å². The highest BCUT2D eigenvalue weighted by molar-refractivity contribution is 14.0.